The Balaban J connectivity index is 1.87. The molecule has 1 fully saturated rings. The minimum absolute atomic E-state index is 0.211. The van der Waals surface area contributed by atoms with Crippen molar-refractivity contribution in [3.05, 3.63) is 17.7 Å². The molecule has 0 radical (unpaired) electrons. The Morgan fingerprint density at radius 1 is 1.67 bits per heavy atom. The maximum absolute atomic E-state index is 10.4. The highest BCUT2D eigenvalue weighted by Crippen LogP contribution is 2.24. The fourth-order valence-corrected chi connectivity index (χ4v) is 2.54. The molecule has 1 aliphatic heterocycles. The summed E-state index contributed by atoms with van der Waals surface area (Å²) in [5.74, 6) is 0.722. The Kier molecular flexibility index (Phi) is 4.36. The Morgan fingerprint density at radius 3 is 3.22 bits per heavy atom. The number of carbonyl (C=O) groups is 1. The molecule has 100 valence electrons. The van der Waals surface area contributed by atoms with Gasteiger partial charge < -0.3 is 15.0 Å². The number of likely N-dealkylation sites (N-methyl/N-ethyl adjacent to an activating group) is 1. The molecule has 0 bridgehead atoms. The normalized spacial score (nSPS) is 21.1. The SMILES string of the molecule is CN1CCCC(c2cnc(CCCC(=O)O)[nH]2)C1. The quantitative estimate of drug-likeness (QED) is 0.834. The maximum Gasteiger partial charge on any atom is 0.303 e. The molecule has 0 amide bonds. The van der Waals surface area contributed by atoms with Crippen LogP contribution in [0, 0.1) is 0 Å². The van der Waals surface area contributed by atoms with E-state index in [1.165, 1.54) is 25.1 Å². The summed E-state index contributed by atoms with van der Waals surface area (Å²) in [6, 6.07) is 0. The van der Waals surface area contributed by atoms with Gasteiger partial charge in [-0.2, -0.15) is 0 Å². The van der Waals surface area contributed by atoms with E-state index in [2.05, 4.69) is 21.9 Å². The van der Waals surface area contributed by atoms with Gasteiger partial charge in [-0.3, -0.25) is 4.79 Å². The number of likely N-dealkylation sites (tertiary alicyclic amines) is 1. The first-order valence-corrected chi connectivity index (χ1v) is 6.59. The Hall–Kier alpha value is -1.36. The molecule has 5 nitrogen and oxygen atoms in total. The van der Waals surface area contributed by atoms with Crippen molar-refractivity contribution in [2.75, 3.05) is 20.1 Å². The van der Waals surface area contributed by atoms with E-state index in [-0.39, 0.29) is 6.42 Å². The van der Waals surface area contributed by atoms with Crippen LogP contribution in [0.2, 0.25) is 0 Å². The van der Waals surface area contributed by atoms with Gasteiger partial charge in [0.05, 0.1) is 0 Å². The predicted molar refractivity (Wildman–Crippen MR) is 68.6 cm³/mol. The van der Waals surface area contributed by atoms with Crippen LogP contribution in [-0.4, -0.2) is 46.1 Å². The molecule has 2 rings (SSSR count). The predicted octanol–water partition coefficient (Wildman–Crippen LogP) is 1.63. The summed E-state index contributed by atoms with van der Waals surface area (Å²) in [6.45, 7) is 2.26. The molecule has 0 saturated carbocycles. The highest BCUT2D eigenvalue weighted by Gasteiger charge is 2.20. The molecule has 0 aromatic carbocycles. The molecule has 0 aliphatic carbocycles. The fourth-order valence-electron chi connectivity index (χ4n) is 2.54. The van der Waals surface area contributed by atoms with Crippen LogP contribution in [-0.2, 0) is 11.2 Å². The second-order valence-corrected chi connectivity index (χ2v) is 5.13. The van der Waals surface area contributed by atoms with Crippen LogP contribution in [0.4, 0.5) is 0 Å². The minimum atomic E-state index is -0.740. The van der Waals surface area contributed by atoms with Gasteiger partial charge >= 0.3 is 5.97 Å². The molecule has 1 saturated heterocycles. The molecule has 1 unspecified atom stereocenters. The van der Waals surface area contributed by atoms with Crippen molar-refractivity contribution < 1.29 is 9.90 Å². The molecule has 1 aromatic rings. The minimum Gasteiger partial charge on any atom is -0.481 e. The molecule has 2 heterocycles. The number of aryl methyl sites for hydroxylation is 1. The number of H-pyrrole nitrogens is 1. The number of hydrogen-bond acceptors (Lipinski definition) is 3. The zero-order valence-electron chi connectivity index (χ0n) is 10.9. The first-order valence-electron chi connectivity index (χ1n) is 6.59. The molecule has 0 spiro atoms. The summed E-state index contributed by atoms with van der Waals surface area (Å²) < 4.78 is 0. The Labute approximate surface area is 107 Å². The van der Waals surface area contributed by atoms with Crippen molar-refractivity contribution in [3.63, 3.8) is 0 Å². The van der Waals surface area contributed by atoms with E-state index in [0.29, 0.717) is 12.3 Å². The van der Waals surface area contributed by atoms with Gasteiger partial charge in [0.15, 0.2) is 0 Å². The first-order chi connectivity index (χ1) is 8.65. The molecule has 1 aliphatic rings. The molecule has 18 heavy (non-hydrogen) atoms. The van der Waals surface area contributed by atoms with Gasteiger partial charge in [0, 0.05) is 37.2 Å². The third-order valence-electron chi connectivity index (χ3n) is 3.52. The lowest BCUT2D eigenvalue weighted by Gasteiger charge is -2.28. The van der Waals surface area contributed by atoms with E-state index >= 15 is 0 Å². The summed E-state index contributed by atoms with van der Waals surface area (Å²) in [5.41, 5.74) is 1.20. The average molecular weight is 251 g/mol. The molecular weight excluding hydrogens is 230 g/mol. The van der Waals surface area contributed by atoms with E-state index < -0.39 is 5.97 Å². The van der Waals surface area contributed by atoms with Crippen LogP contribution in [0.3, 0.4) is 0 Å². The lowest BCUT2D eigenvalue weighted by atomic mass is 9.96. The van der Waals surface area contributed by atoms with Crippen molar-refractivity contribution in [1.82, 2.24) is 14.9 Å². The van der Waals surface area contributed by atoms with Crippen molar-refractivity contribution >= 4 is 5.97 Å². The molecule has 5 heteroatoms. The smallest absolute Gasteiger partial charge is 0.303 e. The largest absolute Gasteiger partial charge is 0.481 e. The number of aromatic amines is 1. The lowest BCUT2D eigenvalue weighted by Crippen LogP contribution is -2.30. The van der Waals surface area contributed by atoms with Crippen molar-refractivity contribution in [2.24, 2.45) is 0 Å². The van der Waals surface area contributed by atoms with Crippen molar-refractivity contribution in [2.45, 2.75) is 38.0 Å². The number of carboxylic acids is 1. The van der Waals surface area contributed by atoms with Crippen LogP contribution in [0.1, 0.15) is 43.1 Å². The summed E-state index contributed by atoms with van der Waals surface area (Å²) in [6.07, 6.45) is 5.93. The monoisotopic (exact) mass is 251 g/mol. The first kappa shape index (κ1) is 13.1. The average Bonchev–Trinajstić information content (AvgIpc) is 2.77. The second kappa shape index (κ2) is 6.00. The molecule has 1 aromatic heterocycles. The topological polar surface area (TPSA) is 69.2 Å². The van der Waals surface area contributed by atoms with Crippen molar-refractivity contribution in [1.29, 1.82) is 0 Å². The number of hydrogen-bond donors (Lipinski definition) is 2. The standard InChI is InChI=1S/C13H21N3O2/c1-16-7-3-4-10(9-16)11-8-14-12(15-11)5-2-6-13(17)18/h8,10H,2-7,9H2,1H3,(H,14,15)(H,17,18). The van der Waals surface area contributed by atoms with Crippen LogP contribution in [0.25, 0.3) is 0 Å². The van der Waals surface area contributed by atoms with Gasteiger partial charge in [0.25, 0.3) is 0 Å². The number of aliphatic carboxylic acids is 1. The summed E-state index contributed by atoms with van der Waals surface area (Å²) in [4.78, 5) is 20.5. The van der Waals surface area contributed by atoms with Crippen LogP contribution >= 0.6 is 0 Å². The second-order valence-electron chi connectivity index (χ2n) is 5.13. The van der Waals surface area contributed by atoms with Crippen LogP contribution < -0.4 is 0 Å². The van der Waals surface area contributed by atoms with E-state index in [1.54, 1.807) is 0 Å². The number of carboxylic acid groups (broad SMARTS) is 1. The number of piperidine rings is 1. The van der Waals surface area contributed by atoms with Gasteiger partial charge in [-0.05, 0) is 32.9 Å². The summed E-state index contributed by atoms with van der Waals surface area (Å²) >= 11 is 0. The highest BCUT2D eigenvalue weighted by molar-refractivity contribution is 5.66. The summed E-state index contributed by atoms with van der Waals surface area (Å²) in [5, 5.41) is 8.59. The fraction of sp³-hybridized carbons (Fsp3) is 0.692. The maximum atomic E-state index is 10.4. The number of aromatic nitrogens is 2. The van der Waals surface area contributed by atoms with E-state index in [0.717, 1.165) is 18.8 Å². The van der Waals surface area contributed by atoms with Gasteiger partial charge in [-0.25, -0.2) is 4.98 Å². The van der Waals surface area contributed by atoms with E-state index in [4.69, 9.17) is 5.11 Å². The zero-order chi connectivity index (χ0) is 13.0. The number of rotatable bonds is 5. The van der Waals surface area contributed by atoms with E-state index in [9.17, 15) is 4.79 Å². The number of nitrogens with zero attached hydrogens (tertiary/aromatic N) is 2. The van der Waals surface area contributed by atoms with Gasteiger partial charge in [-0.15, -0.1) is 0 Å². The van der Waals surface area contributed by atoms with Crippen LogP contribution in [0.15, 0.2) is 6.20 Å². The Morgan fingerprint density at radius 2 is 2.50 bits per heavy atom. The third kappa shape index (κ3) is 3.57. The highest BCUT2D eigenvalue weighted by atomic mass is 16.4. The zero-order valence-corrected chi connectivity index (χ0v) is 10.9. The lowest BCUT2D eigenvalue weighted by molar-refractivity contribution is -0.137. The van der Waals surface area contributed by atoms with Gasteiger partial charge in [-0.1, -0.05) is 0 Å². The Bertz CT molecular complexity index is 403. The van der Waals surface area contributed by atoms with Crippen LogP contribution in [0.5, 0.6) is 0 Å². The van der Waals surface area contributed by atoms with Gasteiger partial charge in [0.1, 0.15) is 5.82 Å². The third-order valence-corrected chi connectivity index (χ3v) is 3.52. The van der Waals surface area contributed by atoms with E-state index in [1.807, 2.05) is 6.20 Å². The number of nitrogens with one attached hydrogen (secondary N) is 1. The van der Waals surface area contributed by atoms with Crippen molar-refractivity contribution in [3.8, 4) is 0 Å². The summed E-state index contributed by atoms with van der Waals surface area (Å²) in [7, 11) is 2.15. The molecule has 1 atom stereocenters. The van der Waals surface area contributed by atoms with Gasteiger partial charge in [0.2, 0.25) is 0 Å². The molecule has 2 N–H and O–H groups in total. The number of imidazole rings is 1. The molecular formula is C13H21N3O2.